The lowest BCUT2D eigenvalue weighted by atomic mass is 9.92. The molecule has 1 aromatic heterocycles. The lowest BCUT2D eigenvalue weighted by Crippen LogP contribution is -2.48. The zero-order chi connectivity index (χ0) is 14.7. The highest BCUT2D eigenvalue weighted by molar-refractivity contribution is 5.93. The molecule has 108 valence electrons. The molecule has 0 aliphatic carbocycles. The number of carbonyl (C=O) groups excluding carboxylic acids is 2. The highest BCUT2D eigenvalue weighted by atomic mass is 16.2. The predicted molar refractivity (Wildman–Crippen MR) is 74.5 cm³/mol. The summed E-state index contributed by atoms with van der Waals surface area (Å²) in [6, 6.07) is 3.56. The number of piperidine rings is 1. The fourth-order valence-corrected chi connectivity index (χ4v) is 2.44. The van der Waals surface area contributed by atoms with Crippen LogP contribution in [0.25, 0.3) is 0 Å². The van der Waals surface area contributed by atoms with Crippen LogP contribution in [0.1, 0.15) is 35.8 Å². The monoisotopic (exact) mass is 276 g/mol. The van der Waals surface area contributed by atoms with Crippen LogP contribution in [0.2, 0.25) is 0 Å². The summed E-state index contributed by atoms with van der Waals surface area (Å²) in [6.07, 6.45) is 3.12. The molecule has 2 amide bonds. The Morgan fingerprint density at radius 2 is 2.15 bits per heavy atom. The van der Waals surface area contributed by atoms with Crippen molar-refractivity contribution in [3.8, 4) is 0 Å². The summed E-state index contributed by atoms with van der Waals surface area (Å²) in [6.45, 7) is 2.74. The molecule has 0 spiro atoms. The number of primary amides is 1. The number of hydrogen-bond acceptors (Lipinski definition) is 4. The second-order valence-corrected chi connectivity index (χ2v) is 5.24. The zero-order valence-electron chi connectivity index (χ0n) is 11.6. The van der Waals surface area contributed by atoms with E-state index in [2.05, 4.69) is 4.98 Å². The number of rotatable bonds is 3. The van der Waals surface area contributed by atoms with E-state index in [4.69, 9.17) is 11.5 Å². The lowest BCUT2D eigenvalue weighted by Gasteiger charge is -2.36. The average molecular weight is 276 g/mol. The number of likely N-dealkylation sites (tertiary alicyclic amines) is 1. The average Bonchev–Trinajstić information content (AvgIpc) is 2.47. The molecule has 2 rings (SSSR count). The summed E-state index contributed by atoms with van der Waals surface area (Å²) in [5.41, 5.74) is 12.1. The Bertz CT molecular complexity index is 500. The molecule has 1 aliphatic heterocycles. The molecule has 0 aromatic carbocycles. The maximum absolute atomic E-state index is 12.5. The van der Waals surface area contributed by atoms with Gasteiger partial charge in [0.2, 0.25) is 5.91 Å². The molecule has 2 unspecified atom stereocenters. The van der Waals surface area contributed by atoms with Crippen LogP contribution in [0.4, 0.5) is 0 Å². The Labute approximate surface area is 118 Å². The van der Waals surface area contributed by atoms with E-state index in [1.165, 1.54) is 0 Å². The van der Waals surface area contributed by atoms with Crippen molar-refractivity contribution < 1.29 is 9.59 Å². The van der Waals surface area contributed by atoms with E-state index in [1.54, 1.807) is 23.2 Å². The van der Waals surface area contributed by atoms with E-state index in [9.17, 15) is 9.59 Å². The van der Waals surface area contributed by atoms with Crippen LogP contribution in [0.5, 0.6) is 0 Å². The molecule has 2 heterocycles. The van der Waals surface area contributed by atoms with E-state index in [1.807, 2.05) is 6.92 Å². The summed E-state index contributed by atoms with van der Waals surface area (Å²) in [5, 5.41) is 0. The smallest absolute Gasteiger partial charge is 0.272 e. The summed E-state index contributed by atoms with van der Waals surface area (Å²) in [4.78, 5) is 29.6. The maximum atomic E-state index is 12.5. The first kappa shape index (κ1) is 14.5. The van der Waals surface area contributed by atoms with Gasteiger partial charge in [0, 0.05) is 25.3 Å². The minimum Gasteiger partial charge on any atom is -0.369 e. The maximum Gasteiger partial charge on any atom is 0.272 e. The van der Waals surface area contributed by atoms with E-state index in [0.717, 1.165) is 18.4 Å². The number of pyridine rings is 1. The quantitative estimate of drug-likeness (QED) is 0.827. The van der Waals surface area contributed by atoms with Crippen LogP contribution in [0, 0.1) is 5.92 Å². The van der Waals surface area contributed by atoms with Gasteiger partial charge in [-0.2, -0.15) is 0 Å². The molecule has 2 atom stereocenters. The summed E-state index contributed by atoms with van der Waals surface area (Å²) < 4.78 is 0. The molecule has 4 N–H and O–H groups in total. The molecule has 0 saturated carbocycles. The lowest BCUT2D eigenvalue weighted by molar-refractivity contribution is -0.123. The first-order valence-corrected chi connectivity index (χ1v) is 6.78. The fraction of sp³-hybridized carbons (Fsp3) is 0.500. The molecule has 1 aliphatic rings. The van der Waals surface area contributed by atoms with Gasteiger partial charge >= 0.3 is 0 Å². The number of aromatic nitrogens is 1. The molecular weight excluding hydrogens is 256 g/mol. The summed E-state index contributed by atoms with van der Waals surface area (Å²) in [7, 11) is 0. The molecule has 20 heavy (non-hydrogen) atoms. The molecular formula is C14H20N4O2. The molecule has 0 radical (unpaired) electrons. The second-order valence-electron chi connectivity index (χ2n) is 5.24. The van der Waals surface area contributed by atoms with Crippen molar-refractivity contribution in [1.82, 2.24) is 9.88 Å². The van der Waals surface area contributed by atoms with Crippen LogP contribution in [0.15, 0.2) is 18.3 Å². The normalized spacial score (nSPS) is 22.6. The van der Waals surface area contributed by atoms with Gasteiger partial charge in [0.25, 0.3) is 5.91 Å². The fourth-order valence-electron chi connectivity index (χ4n) is 2.44. The van der Waals surface area contributed by atoms with E-state index in [0.29, 0.717) is 18.8 Å². The van der Waals surface area contributed by atoms with Crippen molar-refractivity contribution in [2.24, 2.45) is 17.4 Å². The van der Waals surface area contributed by atoms with Gasteiger partial charge < -0.3 is 16.4 Å². The number of carbonyl (C=O) groups is 2. The Morgan fingerprint density at radius 1 is 1.40 bits per heavy atom. The highest BCUT2D eigenvalue weighted by Gasteiger charge is 2.32. The standard InChI is InChI=1S/C14H20N4O2/c1-9-2-4-11(13(16)19)8-18(9)14(20)12-5-3-10(6-15)7-17-12/h3,5,7,9,11H,2,4,6,8,15H2,1H3,(H2,16,19). The third kappa shape index (κ3) is 2.96. The van der Waals surface area contributed by atoms with Crippen LogP contribution in [0.3, 0.4) is 0 Å². The first-order chi connectivity index (χ1) is 9.52. The van der Waals surface area contributed by atoms with Crippen molar-refractivity contribution in [1.29, 1.82) is 0 Å². The van der Waals surface area contributed by atoms with Gasteiger partial charge in [-0.15, -0.1) is 0 Å². The predicted octanol–water partition coefficient (Wildman–Crippen LogP) is 0.266. The Hall–Kier alpha value is -1.95. The molecule has 6 nitrogen and oxygen atoms in total. The SMILES string of the molecule is CC1CCC(C(N)=O)CN1C(=O)c1ccc(CN)cn1. The number of hydrogen-bond donors (Lipinski definition) is 2. The van der Waals surface area contributed by atoms with Crippen molar-refractivity contribution in [3.05, 3.63) is 29.6 Å². The Kier molecular flexibility index (Phi) is 4.34. The van der Waals surface area contributed by atoms with Crippen molar-refractivity contribution in [2.45, 2.75) is 32.4 Å². The topological polar surface area (TPSA) is 102 Å². The second kappa shape index (κ2) is 6.00. The van der Waals surface area contributed by atoms with Crippen molar-refractivity contribution in [3.63, 3.8) is 0 Å². The van der Waals surface area contributed by atoms with Gasteiger partial charge in [0.1, 0.15) is 5.69 Å². The van der Waals surface area contributed by atoms with Crippen LogP contribution < -0.4 is 11.5 Å². The zero-order valence-corrected chi connectivity index (χ0v) is 11.6. The number of nitrogens with zero attached hydrogens (tertiary/aromatic N) is 2. The van der Waals surface area contributed by atoms with Gasteiger partial charge in [0.15, 0.2) is 0 Å². The van der Waals surface area contributed by atoms with Crippen LogP contribution in [-0.4, -0.2) is 34.3 Å². The first-order valence-electron chi connectivity index (χ1n) is 6.78. The van der Waals surface area contributed by atoms with Gasteiger partial charge in [-0.25, -0.2) is 0 Å². The third-order valence-corrected chi connectivity index (χ3v) is 3.82. The number of nitrogens with two attached hydrogens (primary N) is 2. The number of amides is 2. The van der Waals surface area contributed by atoms with E-state index in [-0.39, 0.29) is 23.8 Å². The Morgan fingerprint density at radius 3 is 2.70 bits per heavy atom. The molecule has 1 fully saturated rings. The minimum atomic E-state index is -0.346. The van der Waals surface area contributed by atoms with Crippen molar-refractivity contribution in [2.75, 3.05) is 6.54 Å². The van der Waals surface area contributed by atoms with Gasteiger partial charge in [-0.05, 0) is 31.4 Å². The highest BCUT2D eigenvalue weighted by Crippen LogP contribution is 2.23. The molecule has 1 aromatic rings. The third-order valence-electron chi connectivity index (χ3n) is 3.82. The molecule has 6 heteroatoms. The van der Waals surface area contributed by atoms with Gasteiger partial charge in [-0.1, -0.05) is 6.07 Å². The molecule has 0 bridgehead atoms. The van der Waals surface area contributed by atoms with Crippen molar-refractivity contribution >= 4 is 11.8 Å². The van der Waals surface area contributed by atoms with Crippen LogP contribution >= 0.6 is 0 Å². The Balaban J connectivity index is 2.15. The van der Waals surface area contributed by atoms with Crippen LogP contribution in [-0.2, 0) is 11.3 Å². The van der Waals surface area contributed by atoms with E-state index >= 15 is 0 Å². The van der Waals surface area contributed by atoms with E-state index < -0.39 is 0 Å². The largest absolute Gasteiger partial charge is 0.369 e. The summed E-state index contributed by atoms with van der Waals surface area (Å²) >= 11 is 0. The molecule has 1 saturated heterocycles. The van der Waals surface area contributed by atoms with Gasteiger partial charge in [0.05, 0.1) is 5.92 Å². The summed E-state index contributed by atoms with van der Waals surface area (Å²) in [5.74, 6) is -0.772. The minimum absolute atomic E-state index is 0.0917. The van der Waals surface area contributed by atoms with Gasteiger partial charge in [-0.3, -0.25) is 14.6 Å².